The third-order valence-corrected chi connectivity index (χ3v) is 7.77. The van der Waals surface area contributed by atoms with Crippen molar-refractivity contribution in [3.63, 3.8) is 0 Å². The van der Waals surface area contributed by atoms with E-state index >= 15 is 0 Å². The number of aromatic nitrogens is 1. The summed E-state index contributed by atoms with van der Waals surface area (Å²) in [7, 11) is -3.96. The van der Waals surface area contributed by atoms with Crippen molar-refractivity contribution in [3.8, 4) is 21.0 Å². The monoisotopic (exact) mass is 536 g/mol. The fourth-order valence-corrected chi connectivity index (χ4v) is 6.02. The number of sulfonamides is 1. The van der Waals surface area contributed by atoms with Crippen LogP contribution in [0.4, 0.5) is 11.4 Å². The normalized spacial score (nSPS) is 11.9. The van der Waals surface area contributed by atoms with Crippen LogP contribution in [0, 0.1) is 10.1 Å². The number of benzene rings is 2. The summed E-state index contributed by atoms with van der Waals surface area (Å²) in [4.78, 5) is 27.6. The number of carbonyl (C=O) groups excluding carboxylic acids is 1. The Hall–Kier alpha value is -2.86. The Bertz CT molecular complexity index is 1330. The number of nitrogens with one attached hydrogen (secondary N) is 2. The molecular weight excluding hydrogens is 512 g/mol. The number of rotatable bonds is 9. The number of non-ortho nitro benzene ring substituents is 1. The molecule has 186 valence electrons. The average Bonchev–Trinajstić information content (AvgIpc) is 3.26. The average molecular weight is 537 g/mol. The minimum absolute atomic E-state index is 0.00136. The number of halogens is 1. The van der Waals surface area contributed by atoms with Crippen LogP contribution in [0.3, 0.4) is 0 Å². The first-order valence-electron chi connectivity index (χ1n) is 10.6. The number of alkyl halides is 1. The number of amides is 1. The van der Waals surface area contributed by atoms with Crippen LogP contribution >= 0.6 is 22.9 Å². The Morgan fingerprint density at radius 3 is 2.46 bits per heavy atom. The highest BCUT2D eigenvalue weighted by Gasteiger charge is 2.26. The molecule has 35 heavy (non-hydrogen) atoms. The van der Waals surface area contributed by atoms with E-state index in [1.54, 1.807) is 51.2 Å². The van der Waals surface area contributed by atoms with Crippen molar-refractivity contribution in [2.75, 3.05) is 11.2 Å². The Kier molecular flexibility index (Phi) is 8.26. The molecular formula is C23H25ClN4O5S2. The third-order valence-electron chi connectivity index (χ3n) is 4.63. The maximum absolute atomic E-state index is 13.3. The van der Waals surface area contributed by atoms with Gasteiger partial charge in [0.05, 0.1) is 14.7 Å². The minimum Gasteiger partial charge on any atom is -0.326 e. The molecule has 3 rings (SSSR count). The molecule has 0 unspecified atom stereocenters. The van der Waals surface area contributed by atoms with Crippen LogP contribution < -0.4 is 10.0 Å². The predicted molar refractivity (Wildman–Crippen MR) is 138 cm³/mol. The highest BCUT2D eigenvalue weighted by molar-refractivity contribution is 7.89. The molecule has 2 N–H and O–H groups in total. The van der Waals surface area contributed by atoms with Crippen molar-refractivity contribution in [1.29, 1.82) is 0 Å². The maximum Gasteiger partial charge on any atom is 0.269 e. The van der Waals surface area contributed by atoms with Crippen molar-refractivity contribution < 1.29 is 18.1 Å². The van der Waals surface area contributed by atoms with Crippen LogP contribution in [0.1, 0.15) is 33.6 Å². The number of nitro groups is 1. The molecule has 0 aliphatic rings. The Balaban J connectivity index is 2.02. The van der Waals surface area contributed by atoms with Crippen molar-refractivity contribution >= 4 is 50.2 Å². The topological polar surface area (TPSA) is 131 Å². The van der Waals surface area contributed by atoms with Gasteiger partial charge in [0.1, 0.15) is 5.01 Å². The molecule has 0 fully saturated rings. The van der Waals surface area contributed by atoms with Crippen molar-refractivity contribution in [2.24, 2.45) is 0 Å². The number of carbonyl (C=O) groups is 1. The van der Waals surface area contributed by atoms with Gasteiger partial charge in [-0.1, -0.05) is 6.07 Å². The molecule has 0 saturated carbocycles. The summed E-state index contributed by atoms with van der Waals surface area (Å²) >= 11 is 6.91. The Morgan fingerprint density at radius 2 is 1.86 bits per heavy atom. The summed E-state index contributed by atoms with van der Waals surface area (Å²) in [6.45, 7) is 5.21. The molecule has 2 aromatic carbocycles. The lowest BCUT2D eigenvalue weighted by atomic mass is 10.1. The minimum atomic E-state index is -3.96. The van der Waals surface area contributed by atoms with Crippen LogP contribution in [0.2, 0.25) is 0 Å². The van der Waals surface area contributed by atoms with Crippen molar-refractivity contribution in [1.82, 2.24) is 9.71 Å². The van der Waals surface area contributed by atoms with E-state index in [1.165, 1.54) is 29.5 Å². The summed E-state index contributed by atoms with van der Waals surface area (Å²) in [5, 5.41) is 14.2. The van der Waals surface area contributed by atoms with E-state index in [-0.39, 0.29) is 22.9 Å². The second-order valence-electron chi connectivity index (χ2n) is 8.74. The van der Waals surface area contributed by atoms with E-state index in [0.29, 0.717) is 39.0 Å². The Morgan fingerprint density at radius 1 is 1.17 bits per heavy atom. The van der Waals surface area contributed by atoms with Gasteiger partial charge in [-0.05, 0) is 51.5 Å². The number of nitro benzene ring substituents is 1. The van der Waals surface area contributed by atoms with E-state index < -0.39 is 20.5 Å². The van der Waals surface area contributed by atoms with Crippen LogP contribution in [0.15, 0.2) is 53.6 Å². The highest BCUT2D eigenvalue weighted by Crippen LogP contribution is 2.37. The van der Waals surface area contributed by atoms with E-state index in [0.717, 1.165) is 0 Å². The van der Waals surface area contributed by atoms with E-state index in [4.69, 9.17) is 11.6 Å². The summed E-state index contributed by atoms with van der Waals surface area (Å²) < 4.78 is 29.3. The zero-order chi connectivity index (χ0) is 25.8. The zero-order valence-corrected chi connectivity index (χ0v) is 21.8. The van der Waals surface area contributed by atoms with Gasteiger partial charge in [0, 0.05) is 53.0 Å². The van der Waals surface area contributed by atoms with Gasteiger partial charge in [-0.3, -0.25) is 14.9 Å². The summed E-state index contributed by atoms with van der Waals surface area (Å²) in [5.74, 6) is 0.0908. The smallest absolute Gasteiger partial charge is 0.269 e. The molecule has 0 saturated heterocycles. The fourth-order valence-electron chi connectivity index (χ4n) is 3.19. The molecule has 0 atom stereocenters. The van der Waals surface area contributed by atoms with Crippen molar-refractivity contribution in [3.05, 3.63) is 58.8 Å². The highest BCUT2D eigenvalue weighted by atomic mass is 35.5. The second-order valence-corrected chi connectivity index (χ2v) is 11.8. The second kappa shape index (κ2) is 10.8. The molecule has 0 radical (unpaired) electrons. The molecule has 1 aromatic heterocycles. The lowest BCUT2D eigenvalue weighted by Crippen LogP contribution is -2.40. The first-order valence-corrected chi connectivity index (χ1v) is 13.5. The largest absolute Gasteiger partial charge is 0.326 e. The number of hydrogen-bond donors (Lipinski definition) is 2. The summed E-state index contributed by atoms with van der Waals surface area (Å²) in [6, 6.07) is 10.7. The van der Waals surface area contributed by atoms with E-state index in [2.05, 4.69) is 15.0 Å². The molecule has 1 amide bonds. The first-order chi connectivity index (χ1) is 16.4. The van der Waals surface area contributed by atoms with Gasteiger partial charge in [0.2, 0.25) is 15.9 Å². The quantitative estimate of drug-likeness (QED) is 0.213. The van der Waals surface area contributed by atoms with Gasteiger partial charge in [0.15, 0.2) is 0 Å². The number of hydrogen-bond acceptors (Lipinski definition) is 7. The van der Waals surface area contributed by atoms with E-state index in [1.807, 2.05) is 0 Å². The molecule has 9 nitrogen and oxygen atoms in total. The van der Waals surface area contributed by atoms with E-state index in [9.17, 15) is 23.3 Å². The molecule has 1 heterocycles. The van der Waals surface area contributed by atoms with Crippen LogP contribution in [-0.4, -0.2) is 35.7 Å². The van der Waals surface area contributed by atoms with Crippen LogP contribution in [-0.2, 0) is 14.8 Å². The number of anilines is 1. The van der Waals surface area contributed by atoms with Gasteiger partial charge in [-0.25, -0.2) is 18.1 Å². The standard InChI is InChI=1S/C23H25ClN4O5S2/c1-23(2,3)27-35(32,33)20-13-16(26-21(29)5-4-12-24)8-11-18(20)19-14-25-22(34-19)15-6-9-17(10-7-15)28(30)31/h6-11,13-14,27H,4-5,12H2,1-3H3,(H,26,29). The zero-order valence-electron chi connectivity index (χ0n) is 19.4. The van der Waals surface area contributed by atoms with Gasteiger partial charge in [-0.2, -0.15) is 0 Å². The van der Waals surface area contributed by atoms with Gasteiger partial charge < -0.3 is 5.32 Å². The van der Waals surface area contributed by atoms with Crippen LogP contribution in [0.25, 0.3) is 21.0 Å². The Labute approximate surface area is 212 Å². The summed E-state index contributed by atoms with van der Waals surface area (Å²) in [5.41, 5.74) is 0.685. The van der Waals surface area contributed by atoms with Gasteiger partial charge >= 0.3 is 0 Å². The first kappa shape index (κ1) is 26.7. The van der Waals surface area contributed by atoms with Gasteiger partial charge in [0.25, 0.3) is 5.69 Å². The SMILES string of the molecule is CC(C)(C)NS(=O)(=O)c1cc(NC(=O)CCCCl)ccc1-c1cnc(-c2ccc([N+](=O)[O-])cc2)s1. The fraction of sp³-hybridized carbons (Fsp3) is 0.304. The lowest BCUT2D eigenvalue weighted by molar-refractivity contribution is -0.384. The molecule has 0 spiro atoms. The van der Waals surface area contributed by atoms with Crippen LogP contribution in [0.5, 0.6) is 0 Å². The maximum atomic E-state index is 13.3. The molecule has 0 aliphatic heterocycles. The molecule has 12 heteroatoms. The molecule has 0 aliphatic carbocycles. The lowest BCUT2D eigenvalue weighted by Gasteiger charge is -2.22. The third kappa shape index (κ3) is 7.07. The predicted octanol–water partition coefficient (Wildman–Crippen LogP) is 5.42. The number of nitrogens with zero attached hydrogens (tertiary/aromatic N) is 2. The molecule has 0 bridgehead atoms. The summed E-state index contributed by atoms with van der Waals surface area (Å²) in [6.07, 6.45) is 2.29. The van der Waals surface area contributed by atoms with Gasteiger partial charge in [-0.15, -0.1) is 22.9 Å². The molecule has 3 aromatic rings. The van der Waals surface area contributed by atoms with Crippen molar-refractivity contribution in [2.45, 2.75) is 44.0 Å². The number of thiazole rings is 1.